The number of carbonyl (C=O) groups excluding carboxylic acids is 1. The van der Waals surface area contributed by atoms with Crippen molar-refractivity contribution in [3.8, 4) is 0 Å². The fraction of sp³-hybridized carbons (Fsp3) is 0.238. The van der Waals surface area contributed by atoms with Crippen molar-refractivity contribution in [3.05, 3.63) is 71.7 Å². The Labute approximate surface area is 180 Å². The molecule has 0 aliphatic rings. The first-order valence-corrected chi connectivity index (χ1v) is 9.51. The molecule has 0 bridgehead atoms. The molecular weight excluding hydrogens is 404 g/mol. The molecule has 0 saturated carbocycles. The number of carbonyl (C=O) groups is 1. The molecule has 0 fully saturated rings. The van der Waals surface area contributed by atoms with Crippen molar-refractivity contribution in [3.63, 3.8) is 0 Å². The maximum Gasteiger partial charge on any atom is 0.407 e. The Morgan fingerprint density at radius 2 is 2.10 bits per heavy atom. The molecule has 8 nitrogen and oxygen atoms in total. The third kappa shape index (κ3) is 7.92. The van der Waals surface area contributed by atoms with E-state index in [2.05, 4.69) is 32.2 Å². The van der Waals surface area contributed by atoms with Crippen LogP contribution in [0.5, 0.6) is 0 Å². The highest BCUT2D eigenvalue weighted by atomic mass is 35.5. The number of hydrogen-bond donors (Lipinski definition) is 3. The summed E-state index contributed by atoms with van der Waals surface area (Å²) in [6.07, 6.45) is 2.41. The molecule has 0 atom stereocenters. The van der Waals surface area contributed by atoms with Crippen LogP contribution in [0.25, 0.3) is 0 Å². The normalized spacial score (nSPS) is 12.3. The van der Waals surface area contributed by atoms with Gasteiger partial charge in [-0.05, 0) is 50.6 Å². The largest absolute Gasteiger partial charge is 0.444 e. The van der Waals surface area contributed by atoms with Crippen LogP contribution in [0, 0.1) is 0 Å². The fourth-order valence-corrected chi connectivity index (χ4v) is 2.47. The van der Waals surface area contributed by atoms with Crippen LogP contribution in [-0.4, -0.2) is 28.5 Å². The summed E-state index contributed by atoms with van der Waals surface area (Å²) in [5, 5.41) is 6.11. The van der Waals surface area contributed by atoms with Gasteiger partial charge in [0.25, 0.3) is 0 Å². The molecule has 158 valence electrons. The number of amidine groups is 1. The SMILES string of the molecule is C=C/N=C(\N=C(/N)c1ccnc(Cl)c1)Nc1cccc(CNC(=O)OC(C)(C)C)c1. The van der Waals surface area contributed by atoms with Crippen molar-refractivity contribution in [1.82, 2.24) is 10.3 Å². The molecule has 1 heterocycles. The number of halogens is 1. The van der Waals surface area contributed by atoms with E-state index < -0.39 is 11.7 Å². The number of nitrogens with two attached hydrogens (primary N) is 1. The zero-order valence-corrected chi connectivity index (χ0v) is 17.9. The van der Waals surface area contributed by atoms with Crippen LogP contribution >= 0.6 is 11.6 Å². The van der Waals surface area contributed by atoms with Crippen LogP contribution in [0.4, 0.5) is 10.5 Å². The molecule has 0 saturated heterocycles. The summed E-state index contributed by atoms with van der Waals surface area (Å²) in [4.78, 5) is 24.2. The number of nitrogens with one attached hydrogen (secondary N) is 2. The first-order chi connectivity index (χ1) is 14.2. The van der Waals surface area contributed by atoms with Gasteiger partial charge in [-0.15, -0.1) is 0 Å². The highest BCUT2D eigenvalue weighted by Gasteiger charge is 2.15. The van der Waals surface area contributed by atoms with Crippen molar-refractivity contribution < 1.29 is 9.53 Å². The molecule has 2 rings (SSSR count). The molecule has 0 aliphatic carbocycles. The Hall–Kier alpha value is -3.39. The lowest BCUT2D eigenvalue weighted by Gasteiger charge is -2.19. The summed E-state index contributed by atoms with van der Waals surface area (Å²) < 4.78 is 5.24. The number of hydrogen-bond acceptors (Lipinski definition) is 4. The third-order valence-corrected chi connectivity index (χ3v) is 3.69. The van der Waals surface area contributed by atoms with Crippen molar-refractivity contribution in [2.45, 2.75) is 32.9 Å². The van der Waals surface area contributed by atoms with Crippen molar-refractivity contribution in [2.24, 2.45) is 15.7 Å². The topological polar surface area (TPSA) is 114 Å². The summed E-state index contributed by atoms with van der Waals surface area (Å²) in [5.74, 6) is 0.461. The highest BCUT2D eigenvalue weighted by Crippen LogP contribution is 2.13. The molecule has 2 aromatic rings. The zero-order chi connectivity index (χ0) is 22.1. The second-order valence-electron chi connectivity index (χ2n) is 7.18. The summed E-state index contributed by atoms with van der Waals surface area (Å²) in [6, 6.07) is 10.7. The Balaban J connectivity index is 2.10. The zero-order valence-electron chi connectivity index (χ0n) is 17.1. The number of alkyl carbamates (subject to hydrolysis) is 1. The van der Waals surface area contributed by atoms with Gasteiger partial charge in [-0.25, -0.2) is 14.8 Å². The number of anilines is 1. The second-order valence-corrected chi connectivity index (χ2v) is 7.57. The molecule has 1 aromatic heterocycles. The van der Waals surface area contributed by atoms with E-state index >= 15 is 0 Å². The molecule has 30 heavy (non-hydrogen) atoms. The standard InChI is InChI=1S/C21H25ClN6O2/c1-5-24-19(28-18(23)15-9-10-25-17(22)12-15)27-16-8-6-7-14(11-16)13-26-20(29)30-21(2,3)4/h5-12H,1,13H2,2-4H3,(H,26,29)(H3,23,24,27,28). The van der Waals surface area contributed by atoms with Gasteiger partial charge in [0, 0.05) is 30.2 Å². The molecule has 4 N–H and O–H groups in total. The number of pyridine rings is 1. The number of rotatable bonds is 5. The van der Waals surface area contributed by atoms with E-state index in [1.165, 1.54) is 6.20 Å². The van der Waals surface area contributed by atoms with Gasteiger partial charge in [-0.3, -0.25) is 0 Å². The molecular formula is C21H25ClN6O2. The first-order valence-electron chi connectivity index (χ1n) is 9.14. The summed E-state index contributed by atoms with van der Waals surface area (Å²) in [6.45, 7) is 9.33. The molecule has 0 spiro atoms. The first kappa shape index (κ1) is 22.9. The van der Waals surface area contributed by atoms with E-state index in [1.807, 2.05) is 45.0 Å². The van der Waals surface area contributed by atoms with Crippen LogP contribution in [0.3, 0.4) is 0 Å². The third-order valence-electron chi connectivity index (χ3n) is 3.48. The predicted octanol–water partition coefficient (Wildman–Crippen LogP) is 4.08. The van der Waals surface area contributed by atoms with Gasteiger partial charge in [0.15, 0.2) is 0 Å². The lowest BCUT2D eigenvalue weighted by atomic mass is 10.2. The van der Waals surface area contributed by atoms with Crippen LogP contribution in [0.2, 0.25) is 5.15 Å². The van der Waals surface area contributed by atoms with E-state index in [1.54, 1.807) is 18.3 Å². The van der Waals surface area contributed by atoms with E-state index in [0.717, 1.165) is 5.56 Å². The number of nitrogens with zero attached hydrogens (tertiary/aromatic N) is 3. The maximum atomic E-state index is 11.8. The lowest BCUT2D eigenvalue weighted by Crippen LogP contribution is -2.32. The number of guanidine groups is 1. The van der Waals surface area contributed by atoms with Gasteiger partial charge in [-0.2, -0.15) is 4.99 Å². The van der Waals surface area contributed by atoms with Crippen molar-refractivity contribution >= 4 is 35.2 Å². The molecule has 9 heteroatoms. The lowest BCUT2D eigenvalue weighted by molar-refractivity contribution is 0.0523. The summed E-state index contributed by atoms with van der Waals surface area (Å²) in [7, 11) is 0. The van der Waals surface area contributed by atoms with Crippen LogP contribution in [0.1, 0.15) is 31.9 Å². The van der Waals surface area contributed by atoms with Crippen LogP contribution in [-0.2, 0) is 11.3 Å². The number of aromatic nitrogens is 1. The number of ether oxygens (including phenoxy) is 1. The van der Waals surface area contributed by atoms with Crippen molar-refractivity contribution in [2.75, 3.05) is 5.32 Å². The molecule has 1 aromatic carbocycles. The quantitative estimate of drug-likeness (QED) is 0.377. The number of aliphatic imine (C=N–C) groups is 2. The Morgan fingerprint density at radius 1 is 1.33 bits per heavy atom. The minimum absolute atomic E-state index is 0.218. The highest BCUT2D eigenvalue weighted by molar-refractivity contribution is 6.29. The number of benzene rings is 1. The van der Waals surface area contributed by atoms with E-state index in [4.69, 9.17) is 22.1 Å². The fourth-order valence-electron chi connectivity index (χ4n) is 2.29. The summed E-state index contributed by atoms with van der Waals surface area (Å²) in [5.41, 5.74) is 7.69. The minimum Gasteiger partial charge on any atom is -0.444 e. The van der Waals surface area contributed by atoms with Crippen LogP contribution < -0.4 is 16.4 Å². The van der Waals surface area contributed by atoms with Crippen LogP contribution in [0.15, 0.2) is 65.4 Å². The van der Waals surface area contributed by atoms with Gasteiger partial charge in [-0.1, -0.05) is 30.3 Å². The average molecular weight is 429 g/mol. The maximum absolute atomic E-state index is 11.8. The minimum atomic E-state index is -0.555. The molecule has 0 radical (unpaired) electrons. The van der Waals surface area contributed by atoms with E-state index in [9.17, 15) is 4.79 Å². The predicted molar refractivity (Wildman–Crippen MR) is 121 cm³/mol. The summed E-state index contributed by atoms with van der Waals surface area (Å²) >= 11 is 5.90. The Morgan fingerprint density at radius 3 is 2.77 bits per heavy atom. The Kier molecular flexibility index (Phi) is 7.94. The van der Waals surface area contributed by atoms with Gasteiger partial charge < -0.3 is 21.1 Å². The van der Waals surface area contributed by atoms with Gasteiger partial charge in [0.05, 0.1) is 0 Å². The molecule has 0 unspecified atom stereocenters. The van der Waals surface area contributed by atoms with E-state index in [0.29, 0.717) is 22.9 Å². The molecule has 1 amide bonds. The average Bonchev–Trinajstić information content (AvgIpc) is 2.65. The second kappa shape index (κ2) is 10.4. The number of amides is 1. The van der Waals surface area contributed by atoms with Gasteiger partial charge in [0.2, 0.25) is 5.96 Å². The van der Waals surface area contributed by atoms with Gasteiger partial charge in [0.1, 0.15) is 16.6 Å². The van der Waals surface area contributed by atoms with Gasteiger partial charge >= 0.3 is 6.09 Å². The molecule has 0 aliphatic heterocycles. The monoisotopic (exact) mass is 428 g/mol. The van der Waals surface area contributed by atoms with E-state index in [-0.39, 0.29) is 11.8 Å². The van der Waals surface area contributed by atoms with Crippen molar-refractivity contribution in [1.29, 1.82) is 0 Å². The smallest absolute Gasteiger partial charge is 0.407 e. The Bertz CT molecular complexity index is 966.